The van der Waals surface area contributed by atoms with Crippen LogP contribution in [0.15, 0.2) is 77.7 Å². The molecule has 3 aromatic carbocycles. The lowest BCUT2D eigenvalue weighted by molar-refractivity contribution is -0.123. The summed E-state index contributed by atoms with van der Waals surface area (Å²) in [4.78, 5) is 24.7. The van der Waals surface area contributed by atoms with Gasteiger partial charge >= 0.3 is 5.97 Å². The van der Waals surface area contributed by atoms with Crippen LogP contribution in [0.5, 0.6) is 0 Å². The van der Waals surface area contributed by atoms with Gasteiger partial charge in [0.25, 0.3) is 15.9 Å². The summed E-state index contributed by atoms with van der Waals surface area (Å²) >= 11 is 0. The topological polar surface area (TPSA) is 125 Å². The van der Waals surface area contributed by atoms with Crippen molar-refractivity contribution in [3.63, 3.8) is 0 Å². The van der Waals surface area contributed by atoms with Gasteiger partial charge in [-0.25, -0.2) is 13.2 Å². The number of ether oxygens (including phenoxy) is 1. The summed E-state index contributed by atoms with van der Waals surface area (Å²) in [6, 6.07) is 20.5. The molecule has 0 aliphatic rings. The molecule has 1 atom stereocenters. The lowest BCUT2D eigenvalue weighted by Crippen LogP contribution is -2.30. The van der Waals surface area contributed by atoms with Crippen LogP contribution in [0.1, 0.15) is 28.4 Å². The zero-order chi connectivity index (χ0) is 24.0. The van der Waals surface area contributed by atoms with Gasteiger partial charge < -0.3 is 10.1 Å². The average molecular weight is 464 g/mol. The van der Waals surface area contributed by atoms with Gasteiger partial charge in [0.15, 0.2) is 6.10 Å². The molecule has 0 saturated heterocycles. The summed E-state index contributed by atoms with van der Waals surface area (Å²) in [5, 5.41) is 11.7. The monoisotopic (exact) mass is 463 g/mol. The number of carbonyl (C=O) groups excluding carboxylic acids is 2. The first-order valence-corrected chi connectivity index (χ1v) is 11.4. The number of para-hydroxylation sites is 1. The zero-order valence-electron chi connectivity index (χ0n) is 17.9. The van der Waals surface area contributed by atoms with Crippen molar-refractivity contribution >= 4 is 33.3 Å². The van der Waals surface area contributed by atoms with Crippen molar-refractivity contribution in [1.29, 1.82) is 5.26 Å². The van der Waals surface area contributed by atoms with Crippen LogP contribution in [0.4, 0.5) is 11.4 Å². The number of nitrogens with zero attached hydrogens (tertiary/aromatic N) is 1. The third-order valence-electron chi connectivity index (χ3n) is 4.66. The standard InChI is InChI=1S/C24H21N3O5S/c1-16-7-11-20(12-8-16)27-33(30,31)21-13-9-18(10-14-21)24(29)32-17(2)23(28)26-22-6-4-3-5-19(22)15-25/h3-14,17,27H,1-2H3,(H,26,28). The number of amides is 1. The van der Waals surface area contributed by atoms with Crippen molar-refractivity contribution in [3.8, 4) is 6.07 Å². The summed E-state index contributed by atoms with van der Waals surface area (Å²) in [6.07, 6.45) is -1.14. The Balaban J connectivity index is 1.64. The number of nitrogens with one attached hydrogen (secondary N) is 2. The van der Waals surface area contributed by atoms with E-state index in [1.165, 1.54) is 31.2 Å². The van der Waals surface area contributed by atoms with Gasteiger partial charge in [-0.1, -0.05) is 29.8 Å². The van der Waals surface area contributed by atoms with Gasteiger partial charge in [-0.2, -0.15) is 5.26 Å². The molecule has 0 aliphatic carbocycles. The SMILES string of the molecule is Cc1ccc(NS(=O)(=O)c2ccc(C(=O)OC(C)C(=O)Nc3ccccc3C#N)cc2)cc1. The van der Waals surface area contributed by atoms with Crippen LogP contribution in [0.2, 0.25) is 0 Å². The predicted octanol–water partition coefficient (Wildman–Crippen LogP) is 3.85. The van der Waals surface area contributed by atoms with Crippen LogP contribution >= 0.6 is 0 Å². The maximum atomic E-state index is 12.6. The first-order valence-electron chi connectivity index (χ1n) is 9.90. The third kappa shape index (κ3) is 5.96. The van der Waals surface area contributed by atoms with E-state index in [9.17, 15) is 18.0 Å². The van der Waals surface area contributed by atoms with Crippen LogP contribution in [0.3, 0.4) is 0 Å². The van der Waals surface area contributed by atoms with Crippen LogP contribution < -0.4 is 10.0 Å². The van der Waals surface area contributed by atoms with E-state index in [1.807, 2.05) is 13.0 Å². The molecule has 0 saturated carbocycles. The summed E-state index contributed by atoms with van der Waals surface area (Å²) < 4.78 is 32.8. The Labute approximate surface area is 191 Å². The molecule has 1 amide bonds. The number of carbonyl (C=O) groups is 2. The first kappa shape index (κ1) is 23.5. The molecule has 8 nitrogen and oxygen atoms in total. The Kier molecular flexibility index (Phi) is 7.10. The molecule has 33 heavy (non-hydrogen) atoms. The molecule has 168 valence electrons. The maximum absolute atomic E-state index is 12.6. The molecule has 0 fully saturated rings. The van der Waals surface area contributed by atoms with E-state index in [4.69, 9.17) is 10.00 Å². The highest BCUT2D eigenvalue weighted by Crippen LogP contribution is 2.18. The third-order valence-corrected chi connectivity index (χ3v) is 6.06. The van der Waals surface area contributed by atoms with E-state index < -0.39 is 28.0 Å². The number of rotatable bonds is 7. The molecule has 1 unspecified atom stereocenters. The minimum atomic E-state index is -3.84. The number of anilines is 2. The maximum Gasteiger partial charge on any atom is 0.338 e. The summed E-state index contributed by atoms with van der Waals surface area (Å²) in [5.41, 5.74) is 2.09. The largest absolute Gasteiger partial charge is 0.449 e. The molecule has 0 aromatic heterocycles. The molecule has 0 aliphatic heterocycles. The summed E-state index contributed by atoms with van der Waals surface area (Å²) in [6.45, 7) is 3.29. The molecule has 0 spiro atoms. The van der Waals surface area contributed by atoms with Crippen LogP contribution in [-0.4, -0.2) is 26.4 Å². The molecule has 9 heteroatoms. The van der Waals surface area contributed by atoms with Crippen molar-refractivity contribution < 1.29 is 22.7 Å². The Hall–Kier alpha value is -4.16. The lowest BCUT2D eigenvalue weighted by Gasteiger charge is -2.14. The van der Waals surface area contributed by atoms with Gasteiger partial charge in [0.2, 0.25) is 0 Å². The summed E-state index contributed by atoms with van der Waals surface area (Å²) in [5.74, 6) is -1.39. The number of benzene rings is 3. The Morgan fingerprint density at radius 3 is 2.24 bits per heavy atom. The number of hydrogen-bond donors (Lipinski definition) is 2. The molecule has 0 bridgehead atoms. The zero-order valence-corrected chi connectivity index (χ0v) is 18.7. The minimum Gasteiger partial charge on any atom is -0.449 e. The van der Waals surface area contributed by atoms with Crippen molar-refractivity contribution in [1.82, 2.24) is 0 Å². The van der Waals surface area contributed by atoms with E-state index >= 15 is 0 Å². The van der Waals surface area contributed by atoms with E-state index in [2.05, 4.69) is 10.0 Å². The van der Waals surface area contributed by atoms with Crippen molar-refractivity contribution in [2.45, 2.75) is 24.8 Å². The minimum absolute atomic E-state index is 0.0291. The quantitative estimate of drug-likeness (QED) is 0.513. The smallest absolute Gasteiger partial charge is 0.338 e. The van der Waals surface area contributed by atoms with E-state index in [0.29, 0.717) is 11.4 Å². The molecule has 0 radical (unpaired) electrons. The van der Waals surface area contributed by atoms with Crippen molar-refractivity contribution in [2.75, 3.05) is 10.0 Å². The second-order valence-electron chi connectivity index (χ2n) is 7.19. The first-order chi connectivity index (χ1) is 15.7. The lowest BCUT2D eigenvalue weighted by atomic mass is 10.2. The Morgan fingerprint density at radius 2 is 1.61 bits per heavy atom. The van der Waals surface area contributed by atoms with Crippen LogP contribution in [0, 0.1) is 18.3 Å². The van der Waals surface area contributed by atoms with Gasteiger partial charge in [-0.3, -0.25) is 9.52 Å². The normalized spacial score (nSPS) is 11.7. The fourth-order valence-corrected chi connectivity index (χ4v) is 3.87. The van der Waals surface area contributed by atoms with Gasteiger partial charge in [-0.15, -0.1) is 0 Å². The van der Waals surface area contributed by atoms with E-state index in [0.717, 1.165) is 5.56 Å². The van der Waals surface area contributed by atoms with Crippen LogP contribution in [-0.2, 0) is 19.6 Å². The Morgan fingerprint density at radius 1 is 0.970 bits per heavy atom. The molecular formula is C24H21N3O5S. The van der Waals surface area contributed by atoms with E-state index in [1.54, 1.807) is 48.5 Å². The van der Waals surface area contributed by atoms with Gasteiger partial charge in [0.05, 0.1) is 21.7 Å². The average Bonchev–Trinajstić information content (AvgIpc) is 2.80. The fourth-order valence-electron chi connectivity index (χ4n) is 2.81. The number of sulfonamides is 1. The van der Waals surface area contributed by atoms with Gasteiger partial charge in [0, 0.05) is 5.69 Å². The fraction of sp³-hybridized carbons (Fsp3) is 0.125. The number of esters is 1. The van der Waals surface area contributed by atoms with Crippen LogP contribution in [0.25, 0.3) is 0 Å². The van der Waals surface area contributed by atoms with E-state index in [-0.39, 0.29) is 16.0 Å². The molecular weight excluding hydrogens is 442 g/mol. The van der Waals surface area contributed by atoms with Crippen molar-refractivity contribution in [3.05, 3.63) is 89.5 Å². The molecule has 3 aromatic rings. The molecule has 2 N–H and O–H groups in total. The number of nitriles is 1. The van der Waals surface area contributed by atoms with Gasteiger partial charge in [-0.05, 0) is 62.4 Å². The number of aryl methyl sites for hydroxylation is 1. The highest BCUT2D eigenvalue weighted by molar-refractivity contribution is 7.92. The summed E-state index contributed by atoms with van der Waals surface area (Å²) in [7, 11) is -3.84. The van der Waals surface area contributed by atoms with Crippen molar-refractivity contribution in [2.24, 2.45) is 0 Å². The molecule has 3 rings (SSSR count). The highest BCUT2D eigenvalue weighted by atomic mass is 32.2. The Bertz CT molecular complexity index is 1310. The highest BCUT2D eigenvalue weighted by Gasteiger charge is 2.21. The predicted molar refractivity (Wildman–Crippen MR) is 123 cm³/mol. The van der Waals surface area contributed by atoms with Gasteiger partial charge in [0.1, 0.15) is 6.07 Å². The number of hydrogen-bond acceptors (Lipinski definition) is 6. The second-order valence-corrected chi connectivity index (χ2v) is 8.87. The second kappa shape index (κ2) is 9.97. The molecule has 0 heterocycles.